The number of rotatable bonds is 5. The monoisotopic (exact) mass is 229 g/mol. The zero-order chi connectivity index (χ0) is 12.1. The van der Waals surface area contributed by atoms with Gasteiger partial charge in [0, 0.05) is 12.6 Å². The van der Waals surface area contributed by atoms with E-state index < -0.39 is 17.7 Å². The molecular formula is C12H17F2NO. The molecule has 0 aliphatic heterocycles. The highest BCUT2D eigenvalue weighted by atomic mass is 19.1. The molecule has 1 atom stereocenters. The van der Waals surface area contributed by atoms with Crippen molar-refractivity contribution >= 4 is 0 Å². The molecular weight excluding hydrogens is 212 g/mol. The van der Waals surface area contributed by atoms with Gasteiger partial charge in [-0.2, -0.15) is 0 Å². The quantitative estimate of drug-likeness (QED) is 0.837. The molecule has 1 aromatic rings. The minimum Gasteiger partial charge on any atom is -0.388 e. The number of benzene rings is 1. The molecule has 0 bridgehead atoms. The summed E-state index contributed by atoms with van der Waals surface area (Å²) in [7, 11) is 1.93. The van der Waals surface area contributed by atoms with Gasteiger partial charge in [0.25, 0.3) is 0 Å². The zero-order valence-corrected chi connectivity index (χ0v) is 9.58. The first-order valence-electron chi connectivity index (χ1n) is 5.35. The van der Waals surface area contributed by atoms with E-state index in [0.29, 0.717) is 18.5 Å². The lowest BCUT2D eigenvalue weighted by Crippen LogP contribution is -2.20. The Balaban J connectivity index is 2.62. The lowest BCUT2D eigenvalue weighted by Gasteiger charge is -2.17. The Bertz CT molecular complexity index is 324. The van der Waals surface area contributed by atoms with Gasteiger partial charge >= 0.3 is 0 Å². The minimum atomic E-state index is -0.820. The van der Waals surface area contributed by atoms with Crippen LogP contribution < -0.4 is 0 Å². The van der Waals surface area contributed by atoms with Gasteiger partial charge in [-0.05, 0) is 37.7 Å². The van der Waals surface area contributed by atoms with Crippen molar-refractivity contribution in [3.63, 3.8) is 0 Å². The number of nitrogens with zero attached hydrogens (tertiary/aromatic N) is 1. The second kappa shape index (κ2) is 5.92. The first-order valence-corrected chi connectivity index (χ1v) is 5.35. The van der Waals surface area contributed by atoms with Gasteiger partial charge in [-0.3, -0.25) is 0 Å². The Labute approximate surface area is 94.5 Å². The predicted molar refractivity (Wildman–Crippen MR) is 59.1 cm³/mol. The van der Waals surface area contributed by atoms with Gasteiger partial charge in [0.1, 0.15) is 11.6 Å². The molecule has 0 radical (unpaired) electrons. The summed E-state index contributed by atoms with van der Waals surface area (Å²) in [5.74, 6) is -1.31. The molecule has 4 heteroatoms. The van der Waals surface area contributed by atoms with Crippen LogP contribution in [0.25, 0.3) is 0 Å². The number of aliphatic hydroxyl groups excluding tert-OH is 1. The molecule has 2 nitrogen and oxygen atoms in total. The van der Waals surface area contributed by atoms with E-state index in [0.717, 1.165) is 12.6 Å². The molecule has 0 spiro atoms. The van der Waals surface area contributed by atoms with Crippen LogP contribution in [0.4, 0.5) is 8.78 Å². The van der Waals surface area contributed by atoms with E-state index in [1.54, 1.807) is 0 Å². The fraction of sp³-hybridized carbons (Fsp3) is 0.500. The molecule has 1 unspecified atom stereocenters. The maximum atomic E-state index is 12.9. The van der Waals surface area contributed by atoms with Crippen molar-refractivity contribution in [2.45, 2.75) is 19.4 Å². The number of hydrogen-bond acceptors (Lipinski definition) is 2. The van der Waals surface area contributed by atoms with Gasteiger partial charge in [0.2, 0.25) is 0 Å². The van der Waals surface area contributed by atoms with Crippen molar-refractivity contribution in [2.24, 2.45) is 0 Å². The average Bonchev–Trinajstić information content (AvgIpc) is 2.23. The van der Waals surface area contributed by atoms with Crippen molar-refractivity contribution in [1.82, 2.24) is 4.90 Å². The first kappa shape index (κ1) is 13.1. The molecule has 0 fully saturated rings. The highest BCUT2D eigenvalue weighted by molar-refractivity contribution is 5.20. The SMILES string of the molecule is CCN(C)CCC(O)c1cc(F)cc(F)c1. The zero-order valence-electron chi connectivity index (χ0n) is 9.58. The van der Waals surface area contributed by atoms with Crippen LogP contribution in [0.5, 0.6) is 0 Å². The van der Waals surface area contributed by atoms with Gasteiger partial charge in [-0.25, -0.2) is 8.78 Å². The third-order valence-corrected chi connectivity index (χ3v) is 2.59. The first-order chi connectivity index (χ1) is 7.52. The van der Waals surface area contributed by atoms with E-state index in [2.05, 4.69) is 0 Å². The van der Waals surface area contributed by atoms with E-state index in [9.17, 15) is 13.9 Å². The average molecular weight is 229 g/mol. The standard InChI is InChI=1S/C12H17F2NO/c1-3-15(2)5-4-12(16)9-6-10(13)8-11(14)7-9/h6-8,12,16H,3-5H2,1-2H3. The van der Waals surface area contributed by atoms with Gasteiger partial charge in [-0.15, -0.1) is 0 Å². The minimum absolute atomic E-state index is 0.294. The van der Waals surface area contributed by atoms with Crippen molar-refractivity contribution < 1.29 is 13.9 Å². The maximum absolute atomic E-state index is 12.9. The van der Waals surface area contributed by atoms with Crippen LogP contribution in [0.3, 0.4) is 0 Å². The fourth-order valence-electron chi connectivity index (χ4n) is 1.44. The molecule has 0 amide bonds. The largest absolute Gasteiger partial charge is 0.388 e. The van der Waals surface area contributed by atoms with Gasteiger partial charge in [-0.1, -0.05) is 6.92 Å². The summed E-state index contributed by atoms with van der Waals surface area (Å²) in [5.41, 5.74) is 0.294. The van der Waals surface area contributed by atoms with Crippen LogP contribution in [0.2, 0.25) is 0 Å². The number of halogens is 2. The second-order valence-corrected chi connectivity index (χ2v) is 3.90. The summed E-state index contributed by atoms with van der Waals surface area (Å²) in [4.78, 5) is 2.03. The molecule has 90 valence electrons. The Morgan fingerprint density at radius 3 is 2.31 bits per heavy atom. The van der Waals surface area contributed by atoms with Crippen LogP contribution >= 0.6 is 0 Å². The van der Waals surface area contributed by atoms with Crippen LogP contribution in [0, 0.1) is 11.6 Å². The van der Waals surface area contributed by atoms with Crippen molar-refractivity contribution in [3.05, 3.63) is 35.4 Å². The summed E-state index contributed by atoms with van der Waals surface area (Å²) in [6, 6.07) is 3.13. The number of hydrogen-bond donors (Lipinski definition) is 1. The van der Waals surface area contributed by atoms with Gasteiger partial charge < -0.3 is 10.0 Å². The van der Waals surface area contributed by atoms with Crippen LogP contribution in [0.1, 0.15) is 25.0 Å². The highest BCUT2D eigenvalue weighted by Crippen LogP contribution is 2.19. The van der Waals surface area contributed by atoms with Crippen LogP contribution in [-0.4, -0.2) is 30.1 Å². The molecule has 0 saturated carbocycles. The smallest absolute Gasteiger partial charge is 0.126 e. The molecule has 0 aliphatic carbocycles. The summed E-state index contributed by atoms with van der Waals surface area (Å²) in [6.45, 7) is 3.58. The Morgan fingerprint density at radius 2 is 1.81 bits per heavy atom. The molecule has 0 aromatic heterocycles. The lowest BCUT2D eigenvalue weighted by molar-refractivity contribution is 0.149. The summed E-state index contributed by atoms with van der Waals surface area (Å²) in [6.07, 6.45) is -0.355. The van der Waals surface area contributed by atoms with E-state index in [1.165, 1.54) is 12.1 Å². The molecule has 0 saturated heterocycles. The normalized spacial score (nSPS) is 13.1. The lowest BCUT2D eigenvalue weighted by atomic mass is 10.1. The second-order valence-electron chi connectivity index (χ2n) is 3.90. The Kier molecular flexibility index (Phi) is 4.83. The molecule has 16 heavy (non-hydrogen) atoms. The molecule has 1 rings (SSSR count). The number of aliphatic hydroxyl groups is 1. The molecule has 1 aromatic carbocycles. The molecule has 0 heterocycles. The summed E-state index contributed by atoms with van der Waals surface area (Å²) < 4.78 is 25.8. The summed E-state index contributed by atoms with van der Waals surface area (Å²) >= 11 is 0. The van der Waals surface area contributed by atoms with Gasteiger partial charge in [0.15, 0.2) is 0 Å². The van der Waals surface area contributed by atoms with Crippen molar-refractivity contribution in [1.29, 1.82) is 0 Å². The molecule has 0 aliphatic rings. The van der Waals surface area contributed by atoms with E-state index in [1.807, 2.05) is 18.9 Å². The van der Waals surface area contributed by atoms with E-state index in [-0.39, 0.29) is 0 Å². The molecule has 1 N–H and O–H groups in total. The topological polar surface area (TPSA) is 23.5 Å². The van der Waals surface area contributed by atoms with Crippen LogP contribution in [-0.2, 0) is 0 Å². The predicted octanol–water partition coefficient (Wildman–Crippen LogP) is 2.34. The third kappa shape index (κ3) is 3.87. The van der Waals surface area contributed by atoms with Crippen molar-refractivity contribution in [2.75, 3.05) is 20.1 Å². The summed E-state index contributed by atoms with van der Waals surface area (Å²) in [5, 5.41) is 9.75. The van der Waals surface area contributed by atoms with E-state index in [4.69, 9.17) is 0 Å². The third-order valence-electron chi connectivity index (χ3n) is 2.59. The fourth-order valence-corrected chi connectivity index (χ4v) is 1.44. The van der Waals surface area contributed by atoms with Crippen molar-refractivity contribution in [3.8, 4) is 0 Å². The van der Waals surface area contributed by atoms with Gasteiger partial charge in [0.05, 0.1) is 6.10 Å². The highest BCUT2D eigenvalue weighted by Gasteiger charge is 2.11. The Hall–Kier alpha value is -1.00. The van der Waals surface area contributed by atoms with Crippen LogP contribution in [0.15, 0.2) is 18.2 Å². The maximum Gasteiger partial charge on any atom is 0.126 e. The van der Waals surface area contributed by atoms with E-state index >= 15 is 0 Å². The Morgan fingerprint density at radius 1 is 1.25 bits per heavy atom.